The summed E-state index contributed by atoms with van der Waals surface area (Å²) < 4.78 is 0. The van der Waals surface area contributed by atoms with Gasteiger partial charge in [-0.05, 0) is 36.4 Å². The van der Waals surface area contributed by atoms with Crippen LogP contribution in [0.25, 0.3) is 0 Å². The van der Waals surface area contributed by atoms with Gasteiger partial charge in [-0.3, -0.25) is 9.59 Å². The number of aromatic nitrogens is 1. The average molecular weight is 346 g/mol. The van der Waals surface area contributed by atoms with E-state index in [9.17, 15) is 14.7 Å². The Bertz CT molecular complexity index is 775. The van der Waals surface area contributed by atoms with E-state index in [1.54, 1.807) is 31.3 Å². The van der Waals surface area contributed by atoms with Gasteiger partial charge in [-0.1, -0.05) is 18.2 Å². The highest BCUT2D eigenvalue weighted by Crippen LogP contribution is 2.20. The topological polar surface area (TPSA) is 82.5 Å². The molecule has 2 aromatic rings. The zero-order chi connectivity index (χ0) is 17.7. The van der Waals surface area contributed by atoms with Gasteiger partial charge in [0.2, 0.25) is 5.91 Å². The van der Waals surface area contributed by atoms with Crippen molar-refractivity contribution in [3.8, 4) is 0 Å². The average Bonchev–Trinajstić information content (AvgIpc) is 2.60. The van der Waals surface area contributed by atoms with Crippen molar-refractivity contribution in [1.82, 2.24) is 4.98 Å². The lowest BCUT2D eigenvalue weighted by atomic mass is 10.1. The number of rotatable bonds is 5. The second-order valence-corrected chi connectivity index (χ2v) is 5.31. The van der Waals surface area contributed by atoms with Crippen molar-refractivity contribution in [3.63, 3.8) is 0 Å². The van der Waals surface area contributed by atoms with Gasteiger partial charge in [0.25, 0.3) is 5.91 Å². The molecule has 1 heterocycles. The molecule has 0 spiro atoms. The van der Waals surface area contributed by atoms with E-state index < -0.39 is 0 Å². The quantitative estimate of drug-likeness (QED) is 0.644. The number of nitrogens with zero attached hydrogens (tertiary/aromatic N) is 2. The van der Waals surface area contributed by atoms with Crippen molar-refractivity contribution in [2.24, 2.45) is 0 Å². The third-order valence-electron chi connectivity index (χ3n) is 3.39. The minimum atomic E-state index is -0.365. The Hall–Kier alpha value is -2.70. The van der Waals surface area contributed by atoms with E-state index in [-0.39, 0.29) is 23.6 Å². The maximum absolute atomic E-state index is 12.3. The molecule has 2 amide bonds. The van der Waals surface area contributed by atoms with E-state index in [4.69, 9.17) is 11.6 Å². The normalized spacial score (nSPS) is 10.1. The van der Waals surface area contributed by atoms with Crippen LogP contribution in [0.5, 0.6) is 0 Å². The number of hydrogen-bond acceptors (Lipinski definition) is 4. The summed E-state index contributed by atoms with van der Waals surface area (Å²) in [5, 5.41) is 12.2. The molecule has 0 saturated carbocycles. The van der Waals surface area contributed by atoms with Crippen LogP contribution in [0.2, 0.25) is 5.15 Å². The molecule has 0 fully saturated rings. The van der Waals surface area contributed by atoms with E-state index in [0.717, 1.165) is 0 Å². The molecule has 0 aliphatic heterocycles. The predicted octanol–water partition coefficient (Wildman–Crippen LogP) is 2.63. The number of pyridine rings is 1. The number of aliphatic hydroxyl groups is 1. The summed E-state index contributed by atoms with van der Waals surface area (Å²) in [4.78, 5) is 29.1. The Morgan fingerprint density at radius 1 is 1.38 bits per heavy atom. The maximum Gasteiger partial charge on any atom is 0.255 e. The van der Waals surface area contributed by atoms with E-state index in [0.29, 0.717) is 22.5 Å². The molecule has 2 N–H and O–H groups in total. The van der Waals surface area contributed by atoms with Crippen molar-refractivity contribution in [2.75, 3.05) is 17.3 Å². The van der Waals surface area contributed by atoms with Crippen LogP contribution in [0.1, 0.15) is 15.9 Å². The number of halogens is 1. The molecule has 0 unspecified atom stereocenters. The lowest BCUT2D eigenvalue weighted by Gasteiger charge is -2.15. The lowest BCUT2D eigenvalue weighted by molar-refractivity contribution is -0.113. The van der Waals surface area contributed by atoms with Gasteiger partial charge in [-0.2, -0.15) is 0 Å². The van der Waals surface area contributed by atoms with Crippen LogP contribution < -0.4 is 10.2 Å². The number of aliphatic hydroxyl groups excluding tert-OH is 1. The van der Waals surface area contributed by atoms with Gasteiger partial charge in [0.1, 0.15) is 5.15 Å². The summed E-state index contributed by atoms with van der Waals surface area (Å²) in [7, 11) is 1.62. The second-order valence-electron chi connectivity index (χ2n) is 4.92. The molecule has 7 heteroatoms. The number of carbonyl (C=O) groups is 2. The van der Waals surface area contributed by atoms with Gasteiger partial charge in [-0.25, -0.2) is 4.98 Å². The van der Waals surface area contributed by atoms with E-state index in [1.807, 2.05) is 0 Å². The molecular formula is C17H16ClN3O3. The third kappa shape index (κ3) is 3.98. The molecular weight excluding hydrogens is 330 g/mol. The van der Waals surface area contributed by atoms with E-state index >= 15 is 0 Å². The maximum atomic E-state index is 12.3. The first-order valence-electron chi connectivity index (χ1n) is 7.03. The molecule has 0 aliphatic carbocycles. The molecule has 6 nitrogen and oxygen atoms in total. The largest absolute Gasteiger partial charge is 0.392 e. The van der Waals surface area contributed by atoms with Gasteiger partial charge in [0, 0.05) is 30.1 Å². The number of anilines is 2. The molecule has 1 aromatic carbocycles. The molecule has 0 saturated heterocycles. The zero-order valence-corrected chi connectivity index (χ0v) is 13.7. The summed E-state index contributed by atoms with van der Waals surface area (Å²) in [5.41, 5.74) is 1.89. The molecule has 124 valence electrons. The van der Waals surface area contributed by atoms with Crippen molar-refractivity contribution in [1.29, 1.82) is 0 Å². The molecule has 0 atom stereocenters. The number of benzene rings is 1. The Balaban J connectivity index is 2.18. The number of carbonyl (C=O) groups excluding carboxylic acids is 2. The molecule has 24 heavy (non-hydrogen) atoms. The molecule has 0 bridgehead atoms. The summed E-state index contributed by atoms with van der Waals surface area (Å²) in [5.74, 6) is -0.609. The van der Waals surface area contributed by atoms with Gasteiger partial charge in [0.05, 0.1) is 12.3 Å². The SMILES string of the molecule is C=CC(=O)N(C)c1ccc(C(=O)Nc2cc(Cl)ncc2CO)cc1. The predicted molar refractivity (Wildman–Crippen MR) is 93.2 cm³/mol. The minimum absolute atomic E-state index is 0.211. The Kier molecular flexibility index (Phi) is 5.68. The first-order chi connectivity index (χ1) is 11.5. The van der Waals surface area contributed by atoms with Crippen LogP contribution in [0.3, 0.4) is 0 Å². The first-order valence-corrected chi connectivity index (χ1v) is 7.41. The van der Waals surface area contributed by atoms with E-state index in [1.165, 1.54) is 23.2 Å². The minimum Gasteiger partial charge on any atom is -0.392 e. The first kappa shape index (κ1) is 17.7. The van der Waals surface area contributed by atoms with Crippen LogP contribution >= 0.6 is 11.6 Å². The highest BCUT2D eigenvalue weighted by atomic mass is 35.5. The molecule has 2 rings (SSSR count). The van der Waals surface area contributed by atoms with Crippen molar-refractivity contribution >= 4 is 34.8 Å². The highest BCUT2D eigenvalue weighted by molar-refractivity contribution is 6.29. The number of nitrogens with one attached hydrogen (secondary N) is 1. The fourth-order valence-electron chi connectivity index (χ4n) is 2.00. The lowest BCUT2D eigenvalue weighted by Crippen LogP contribution is -2.23. The monoisotopic (exact) mass is 345 g/mol. The van der Waals surface area contributed by atoms with Crippen LogP contribution in [-0.2, 0) is 11.4 Å². The summed E-state index contributed by atoms with van der Waals surface area (Å²) in [6, 6.07) is 7.97. The molecule has 0 aliphatic rings. The number of hydrogen-bond donors (Lipinski definition) is 2. The van der Waals surface area contributed by atoms with Crippen LogP contribution in [0.15, 0.2) is 49.2 Å². The van der Waals surface area contributed by atoms with Crippen LogP contribution in [-0.4, -0.2) is 29.0 Å². The Morgan fingerprint density at radius 3 is 2.62 bits per heavy atom. The van der Waals surface area contributed by atoms with Crippen molar-refractivity contribution in [3.05, 3.63) is 65.5 Å². The van der Waals surface area contributed by atoms with Crippen molar-refractivity contribution in [2.45, 2.75) is 6.61 Å². The van der Waals surface area contributed by atoms with Crippen molar-refractivity contribution < 1.29 is 14.7 Å². The molecule has 1 aromatic heterocycles. The van der Waals surface area contributed by atoms with Crippen LogP contribution in [0, 0.1) is 0 Å². The fourth-order valence-corrected chi connectivity index (χ4v) is 2.15. The summed E-state index contributed by atoms with van der Waals surface area (Å²) >= 11 is 5.81. The fraction of sp³-hybridized carbons (Fsp3) is 0.118. The van der Waals surface area contributed by atoms with Gasteiger partial charge >= 0.3 is 0 Å². The van der Waals surface area contributed by atoms with Gasteiger partial charge in [-0.15, -0.1) is 0 Å². The third-order valence-corrected chi connectivity index (χ3v) is 3.60. The summed E-state index contributed by atoms with van der Waals surface area (Å²) in [6.07, 6.45) is 2.61. The Morgan fingerprint density at radius 2 is 2.04 bits per heavy atom. The number of amides is 2. The van der Waals surface area contributed by atoms with Gasteiger partial charge in [0.15, 0.2) is 0 Å². The van der Waals surface area contributed by atoms with E-state index in [2.05, 4.69) is 16.9 Å². The standard InChI is InChI=1S/C17H16ClN3O3/c1-3-16(23)21(2)13-6-4-11(5-7-13)17(24)20-14-8-15(18)19-9-12(14)10-22/h3-9,22H,1,10H2,2H3,(H,19,20,24). The highest BCUT2D eigenvalue weighted by Gasteiger charge is 2.12. The van der Waals surface area contributed by atoms with Gasteiger partial charge < -0.3 is 15.3 Å². The Labute approximate surface area is 144 Å². The summed E-state index contributed by atoms with van der Waals surface area (Å²) in [6.45, 7) is 3.16. The molecule has 0 radical (unpaired) electrons. The number of likely N-dealkylation sites (N-methyl/N-ethyl adjacent to an activating group) is 1. The zero-order valence-electron chi connectivity index (χ0n) is 13.0. The van der Waals surface area contributed by atoms with Crippen LogP contribution in [0.4, 0.5) is 11.4 Å². The second kappa shape index (κ2) is 7.72. The smallest absolute Gasteiger partial charge is 0.255 e.